The van der Waals surface area contributed by atoms with E-state index in [0.717, 1.165) is 42.5 Å². The van der Waals surface area contributed by atoms with Crippen LogP contribution in [0.25, 0.3) is 6.08 Å². The average molecular weight is 424 g/mol. The zero-order valence-corrected chi connectivity index (χ0v) is 17.1. The summed E-state index contributed by atoms with van der Waals surface area (Å²) in [6, 6.07) is 5.06. The molecule has 142 valence electrons. The van der Waals surface area contributed by atoms with E-state index >= 15 is 0 Å². The Hall–Kier alpha value is -1.82. The molecule has 0 aliphatic heterocycles. The summed E-state index contributed by atoms with van der Waals surface area (Å²) < 4.78 is 4.95. The highest BCUT2D eigenvalue weighted by atomic mass is 35.5. The molecule has 2 aromatic rings. The Morgan fingerprint density at radius 1 is 1.19 bits per heavy atom. The van der Waals surface area contributed by atoms with Crippen LogP contribution in [0.15, 0.2) is 24.3 Å². The number of carbonyl (C=O) groups is 2. The summed E-state index contributed by atoms with van der Waals surface area (Å²) in [5.74, 6) is -0.739. The number of thiophene rings is 1. The summed E-state index contributed by atoms with van der Waals surface area (Å²) >= 11 is 13.5. The number of ether oxygens (including phenoxy) is 1. The minimum atomic E-state index is -0.408. The molecule has 0 unspecified atom stereocenters. The third kappa shape index (κ3) is 4.72. The van der Waals surface area contributed by atoms with Gasteiger partial charge >= 0.3 is 5.97 Å². The van der Waals surface area contributed by atoms with Gasteiger partial charge in [0.05, 0.1) is 12.7 Å². The number of benzene rings is 1. The Morgan fingerprint density at radius 3 is 2.70 bits per heavy atom. The van der Waals surface area contributed by atoms with Crippen LogP contribution in [0.1, 0.15) is 45.6 Å². The SMILES string of the molecule is COC(=O)c1c(NC(=O)/C=C/c2ccc(Cl)cc2Cl)sc2c1CCCCC2. The van der Waals surface area contributed by atoms with Crippen LogP contribution in [0.4, 0.5) is 5.00 Å². The van der Waals surface area contributed by atoms with E-state index in [2.05, 4.69) is 5.32 Å². The minimum Gasteiger partial charge on any atom is -0.465 e. The quantitative estimate of drug-likeness (QED) is 0.386. The molecular weight excluding hydrogens is 405 g/mol. The second kappa shape index (κ2) is 8.91. The number of hydrogen-bond acceptors (Lipinski definition) is 4. The monoisotopic (exact) mass is 423 g/mol. The molecule has 1 aliphatic rings. The molecule has 1 aromatic carbocycles. The van der Waals surface area contributed by atoms with Crippen molar-refractivity contribution in [1.29, 1.82) is 0 Å². The Labute approximate surface area is 172 Å². The number of amides is 1. The van der Waals surface area contributed by atoms with Gasteiger partial charge in [-0.2, -0.15) is 0 Å². The van der Waals surface area contributed by atoms with E-state index < -0.39 is 5.97 Å². The largest absolute Gasteiger partial charge is 0.465 e. The van der Waals surface area contributed by atoms with Crippen molar-refractivity contribution in [2.24, 2.45) is 0 Å². The molecule has 0 bridgehead atoms. The van der Waals surface area contributed by atoms with E-state index in [4.69, 9.17) is 27.9 Å². The Kier molecular flexibility index (Phi) is 6.58. The summed E-state index contributed by atoms with van der Waals surface area (Å²) in [7, 11) is 1.36. The summed E-state index contributed by atoms with van der Waals surface area (Å²) in [5, 5.41) is 4.37. The van der Waals surface area contributed by atoms with Crippen molar-refractivity contribution in [2.75, 3.05) is 12.4 Å². The summed E-state index contributed by atoms with van der Waals surface area (Å²) in [4.78, 5) is 25.9. The molecule has 0 atom stereocenters. The lowest BCUT2D eigenvalue weighted by Gasteiger charge is -2.06. The number of anilines is 1. The number of aryl methyl sites for hydroxylation is 1. The second-order valence-electron chi connectivity index (χ2n) is 6.25. The minimum absolute atomic E-state index is 0.331. The van der Waals surface area contributed by atoms with Crippen molar-refractivity contribution in [3.05, 3.63) is 55.9 Å². The van der Waals surface area contributed by atoms with Crippen LogP contribution in [-0.2, 0) is 22.4 Å². The molecule has 1 aliphatic carbocycles. The summed E-state index contributed by atoms with van der Waals surface area (Å²) in [6.07, 6.45) is 8.05. The molecule has 27 heavy (non-hydrogen) atoms. The predicted molar refractivity (Wildman–Crippen MR) is 111 cm³/mol. The third-order valence-corrected chi connectivity index (χ3v) is 6.19. The molecule has 0 spiro atoms. The van der Waals surface area contributed by atoms with Gasteiger partial charge in [-0.3, -0.25) is 4.79 Å². The summed E-state index contributed by atoms with van der Waals surface area (Å²) in [6.45, 7) is 0. The van der Waals surface area contributed by atoms with E-state index in [-0.39, 0.29) is 5.91 Å². The third-order valence-electron chi connectivity index (χ3n) is 4.42. The highest BCUT2D eigenvalue weighted by Gasteiger charge is 2.25. The van der Waals surface area contributed by atoms with Crippen molar-refractivity contribution in [1.82, 2.24) is 0 Å². The van der Waals surface area contributed by atoms with E-state index in [0.29, 0.717) is 26.2 Å². The molecule has 1 heterocycles. The lowest BCUT2D eigenvalue weighted by Crippen LogP contribution is -2.12. The molecular formula is C20H19Cl2NO3S. The maximum atomic E-state index is 12.4. The van der Waals surface area contributed by atoms with Gasteiger partial charge in [-0.15, -0.1) is 11.3 Å². The number of nitrogens with one attached hydrogen (secondary N) is 1. The van der Waals surface area contributed by atoms with Gasteiger partial charge in [0, 0.05) is 21.0 Å². The molecule has 0 saturated carbocycles. The molecule has 3 rings (SSSR count). The first-order valence-corrected chi connectivity index (χ1v) is 10.2. The molecule has 1 N–H and O–H groups in total. The number of esters is 1. The van der Waals surface area contributed by atoms with Crippen LogP contribution in [-0.4, -0.2) is 19.0 Å². The molecule has 4 nitrogen and oxygen atoms in total. The molecule has 0 saturated heterocycles. The van der Waals surface area contributed by atoms with Gasteiger partial charge in [-0.05, 0) is 55.0 Å². The number of fused-ring (bicyclic) bond motifs is 1. The normalized spacial score (nSPS) is 13.9. The molecule has 0 radical (unpaired) electrons. The fraction of sp³-hybridized carbons (Fsp3) is 0.300. The lowest BCUT2D eigenvalue weighted by atomic mass is 10.1. The standard InChI is InChI=1S/C20H19Cl2NO3S/c1-26-20(25)18-14-5-3-2-4-6-16(14)27-19(18)23-17(24)10-8-12-7-9-13(21)11-15(12)22/h7-11H,2-6H2,1H3,(H,23,24)/b10-8+. The molecule has 1 aromatic heterocycles. The Bertz CT molecular complexity index is 905. The fourth-order valence-corrected chi connectivity index (χ4v) is 4.86. The van der Waals surface area contributed by atoms with Gasteiger partial charge in [0.15, 0.2) is 0 Å². The van der Waals surface area contributed by atoms with Crippen LogP contribution in [0.3, 0.4) is 0 Å². The van der Waals surface area contributed by atoms with Crippen LogP contribution in [0.5, 0.6) is 0 Å². The van der Waals surface area contributed by atoms with Crippen molar-refractivity contribution in [2.45, 2.75) is 32.1 Å². The van der Waals surface area contributed by atoms with Crippen molar-refractivity contribution < 1.29 is 14.3 Å². The first kappa shape index (κ1) is 19.9. The zero-order chi connectivity index (χ0) is 19.4. The van der Waals surface area contributed by atoms with Crippen molar-refractivity contribution in [3.8, 4) is 0 Å². The van der Waals surface area contributed by atoms with Crippen LogP contribution in [0, 0.1) is 0 Å². The van der Waals surface area contributed by atoms with Gasteiger partial charge in [-0.25, -0.2) is 4.79 Å². The zero-order valence-electron chi connectivity index (χ0n) is 14.8. The first-order valence-electron chi connectivity index (χ1n) is 8.66. The highest BCUT2D eigenvalue weighted by Crippen LogP contribution is 2.38. The van der Waals surface area contributed by atoms with Gasteiger partial charge < -0.3 is 10.1 Å². The van der Waals surface area contributed by atoms with E-state index in [1.807, 2.05) is 0 Å². The van der Waals surface area contributed by atoms with E-state index in [1.54, 1.807) is 24.3 Å². The van der Waals surface area contributed by atoms with Gasteiger partial charge in [0.1, 0.15) is 5.00 Å². The molecule has 0 fully saturated rings. The number of hydrogen-bond donors (Lipinski definition) is 1. The van der Waals surface area contributed by atoms with E-state index in [1.165, 1.54) is 24.5 Å². The maximum absolute atomic E-state index is 12.4. The second-order valence-corrected chi connectivity index (χ2v) is 8.20. The maximum Gasteiger partial charge on any atom is 0.341 e. The number of rotatable bonds is 4. The lowest BCUT2D eigenvalue weighted by molar-refractivity contribution is -0.111. The van der Waals surface area contributed by atoms with Crippen LogP contribution < -0.4 is 5.32 Å². The van der Waals surface area contributed by atoms with Crippen molar-refractivity contribution >= 4 is 57.5 Å². The molecule has 7 heteroatoms. The Morgan fingerprint density at radius 2 is 1.96 bits per heavy atom. The molecule has 1 amide bonds. The average Bonchev–Trinajstić information content (AvgIpc) is 2.81. The topological polar surface area (TPSA) is 55.4 Å². The van der Waals surface area contributed by atoms with Crippen LogP contribution in [0.2, 0.25) is 10.0 Å². The van der Waals surface area contributed by atoms with Gasteiger partial charge in [0.25, 0.3) is 0 Å². The number of carbonyl (C=O) groups excluding carboxylic acids is 2. The van der Waals surface area contributed by atoms with Gasteiger partial charge in [-0.1, -0.05) is 35.7 Å². The smallest absolute Gasteiger partial charge is 0.341 e. The van der Waals surface area contributed by atoms with E-state index in [9.17, 15) is 9.59 Å². The van der Waals surface area contributed by atoms with Crippen LogP contribution >= 0.6 is 34.5 Å². The number of halogens is 2. The predicted octanol–water partition coefficient (Wildman–Crippen LogP) is 5.76. The van der Waals surface area contributed by atoms with Gasteiger partial charge in [0.2, 0.25) is 5.91 Å². The fourth-order valence-electron chi connectivity index (χ4n) is 3.10. The first-order chi connectivity index (χ1) is 13.0. The number of methoxy groups -OCH3 is 1. The highest BCUT2D eigenvalue weighted by molar-refractivity contribution is 7.17. The Balaban J connectivity index is 1.83. The summed E-state index contributed by atoms with van der Waals surface area (Å²) in [5.41, 5.74) is 2.20. The van der Waals surface area contributed by atoms with Crippen molar-refractivity contribution in [3.63, 3.8) is 0 Å².